The standard InChI is InChI=1S/C20H37N5OS/c1-6-21-20(23-13-19-24-18(14-27-19)16(4)5)22-12-17(11-15(2)3)25-7-9-26-10-8-25/h14-17H,6-13H2,1-5H3,(H2,21,22,23). The second-order valence-electron chi connectivity index (χ2n) is 7.83. The Labute approximate surface area is 168 Å². The number of aliphatic imine (C=N–C) groups is 1. The van der Waals surface area contributed by atoms with Gasteiger partial charge < -0.3 is 15.4 Å². The van der Waals surface area contributed by atoms with E-state index in [0.29, 0.717) is 24.4 Å². The van der Waals surface area contributed by atoms with Crippen LogP contribution in [0, 0.1) is 5.92 Å². The number of nitrogens with zero attached hydrogens (tertiary/aromatic N) is 3. The molecule has 2 N–H and O–H groups in total. The maximum Gasteiger partial charge on any atom is 0.191 e. The number of thiazole rings is 1. The Morgan fingerprint density at radius 1 is 1.26 bits per heavy atom. The molecule has 0 spiro atoms. The highest BCUT2D eigenvalue weighted by Gasteiger charge is 2.22. The third kappa shape index (κ3) is 7.76. The Kier molecular flexibility index (Phi) is 9.51. The van der Waals surface area contributed by atoms with Crippen LogP contribution in [0.1, 0.15) is 57.7 Å². The van der Waals surface area contributed by atoms with Gasteiger partial charge in [-0.15, -0.1) is 11.3 Å². The third-order valence-electron chi connectivity index (χ3n) is 4.69. The summed E-state index contributed by atoms with van der Waals surface area (Å²) in [5, 5.41) is 10.1. The fraction of sp³-hybridized carbons (Fsp3) is 0.800. The van der Waals surface area contributed by atoms with Crippen LogP contribution in [0.4, 0.5) is 0 Å². The Morgan fingerprint density at radius 3 is 2.59 bits per heavy atom. The van der Waals surface area contributed by atoms with Gasteiger partial charge in [-0.2, -0.15) is 0 Å². The normalized spacial score (nSPS) is 17.5. The number of morpholine rings is 1. The number of nitrogens with one attached hydrogen (secondary N) is 2. The molecule has 154 valence electrons. The summed E-state index contributed by atoms with van der Waals surface area (Å²) in [6.07, 6.45) is 1.18. The van der Waals surface area contributed by atoms with Crippen LogP contribution in [0.5, 0.6) is 0 Å². The maximum absolute atomic E-state index is 5.52. The zero-order valence-electron chi connectivity index (χ0n) is 17.6. The molecule has 2 heterocycles. The molecule has 2 rings (SSSR count). The van der Waals surface area contributed by atoms with E-state index in [0.717, 1.165) is 56.1 Å². The third-order valence-corrected chi connectivity index (χ3v) is 5.54. The average molecular weight is 396 g/mol. The van der Waals surface area contributed by atoms with Crippen molar-refractivity contribution >= 4 is 17.3 Å². The summed E-state index contributed by atoms with van der Waals surface area (Å²) in [4.78, 5) is 12.0. The van der Waals surface area contributed by atoms with E-state index in [1.807, 2.05) is 0 Å². The Hall–Kier alpha value is -1.18. The highest BCUT2D eigenvalue weighted by atomic mass is 32.1. The van der Waals surface area contributed by atoms with Crippen LogP contribution in [0.15, 0.2) is 10.4 Å². The number of hydrogen-bond acceptors (Lipinski definition) is 5. The minimum Gasteiger partial charge on any atom is -0.379 e. The lowest BCUT2D eigenvalue weighted by molar-refractivity contribution is 0.0132. The van der Waals surface area contributed by atoms with E-state index in [9.17, 15) is 0 Å². The number of aromatic nitrogens is 1. The van der Waals surface area contributed by atoms with Gasteiger partial charge in [-0.05, 0) is 25.2 Å². The van der Waals surface area contributed by atoms with Gasteiger partial charge >= 0.3 is 0 Å². The molecule has 0 amide bonds. The van der Waals surface area contributed by atoms with Gasteiger partial charge in [0.15, 0.2) is 5.96 Å². The molecule has 1 aliphatic heterocycles. The molecule has 1 aliphatic rings. The van der Waals surface area contributed by atoms with Crippen LogP contribution >= 0.6 is 11.3 Å². The van der Waals surface area contributed by atoms with E-state index >= 15 is 0 Å². The molecule has 1 aromatic rings. The number of ether oxygens (including phenoxy) is 1. The van der Waals surface area contributed by atoms with Gasteiger partial charge in [-0.3, -0.25) is 4.90 Å². The Morgan fingerprint density at radius 2 is 2.00 bits per heavy atom. The molecule has 1 saturated heterocycles. The monoisotopic (exact) mass is 395 g/mol. The minimum absolute atomic E-state index is 0.468. The number of guanidine groups is 1. The molecule has 0 aliphatic carbocycles. The summed E-state index contributed by atoms with van der Waals surface area (Å²) in [7, 11) is 0. The van der Waals surface area contributed by atoms with Crippen molar-refractivity contribution in [2.24, 2.45) is 10.9 Å². The smallest absolute Gasteiger partial charge is 0.191 e. The molecule has 6 nitrogen and oxygen atoms in total. The van der Waals surface area contributed by atoms with Crippen molar-refractivity contribution in [3.8, 4) is 0 Å². The molecular formula is C20H37N5OS. The summed E-state index contributed by atoms with van der Waals surface area (Å²) >= 11 is 1.70. The predicted molar refractivity (Wildman–Crippen MR) is 115 cm³/mol. The lowest BCUT2D eigenvalue weighted by atomic mass is 10.0. The maximum atomic E-state index is 5.52. The molecule has 7 heteroatoms. The Balaban J connectivity index is 1.94. The zero-order valence-corrected chi connectivity index (χ0v) is 18.4. The van der Waals surface area contributed by atoms with Gasteiger partial charge in [-0.25, -0.2) is 9.98 Å². The topological polar surface area (TPSA) is 61.8 Å². The molecule has 1 unspecified atom stereocenters. The van der Waals surface area contributed by atoms with E-state index in [2.05, 4.69) is 60.5 Å². The second kappa shape index (κ2) is 11.6. The van der Waals surface area contributed by atoms with E-state index in [1.165, 1.54) is 6.42 Å². The zero-order chi connectivity index (χ0) is 19.6. The van der Waals surface area contributed by atoms with Crippen molar-refractivity contribution in [2.45, 2.75) is 59.5 Å². The largest absolute Gasteiger partial charge is 0.379 e. The Bertz CT molecular complexity index is 566. The van der Waals surface area contributed by atoms with Crippen LogP contribution in [-0.2, 0) is 11.3 Å². The first-order valence-corrected chi connectivity index (χ1v) is 11.2. The van der Waals surface area contributed by atoms with Crippen LogP contribution in [0.3, 0.4) is 0 Å². The molecule has 0 radical (unpaired) electrons. The van der Waals surface area contributed by atoms with Crippen LogP contribution in [0.25, 0.3) is 0 Å². The minimum atomic E-state index is 0.468. The summed E-state index contributed by atoms with van der Waals surface area (Å²) in [6.45, 7) is 17.1. The van der Waals surface area contributed by atoms with Gasteiger partial charge in [-0.1, -0.05) is 27.7 Å². The lowest BCUT2D eigenvalue weighted by Crippen LogP contribution is -2.51. The van der Waals surface area contributed by atoms with Crippen LogP contribution in [-0.4, -0.2) is 61.3 Å². The van der Waals surface area contributed by atoms with E-state index in [4.69, 9.17) is 9.73 Å². The number of rotatable bonds is 9. The predicted octanol–water partition coefficient (Wildman–Crippen LogP) is 3.07. The number of hydrogen-bond donors (Lipinski definition) is 2. The van der Waals surface area contributed by atoms with E-state index in [-0.39, 0.29) is 0 Å². The van der Waals surface area contributed by atoms with Gasteiger partial charge in [0.25, 0.3) is 0 Å². The highest BCUT2D eigenvalue weighted by Crippen LogP contribution is 2.18. The van der Waals surface area contributed by atoms with E-state index in [1.54, 1.807) is 11.3 Å². The molecule has 27 heavy (non-hydrogen) atoms. The molecule has 0 bridgehead atoms. The molecule has 1 atom stereocenters. The first-order chi connectivity index (χ1) is 13.0. The van der Waals surface area contributed by atoms with E-state index < -0.39 is 0 Å². The summed E-state index contributed by atoms with van der Waals surface area (Å²) < 4.78 is 5.52. The first kappa shape index (κ1) is 22.1. The molecular weight excluding hydrogens is 358 g/mol. The molecule has 1 aromatic heterocycles. The molecule has 0 aromatic carbocycles. The quantitative estimate of drug-likeness (QED) is 0.497. The second-order valence-corrected chi connectivity index (χ2v) is 8.77. The fourth-order valence-corrected chi connectivity index (χ4v) is 4.09. The van der Waals surface area contributed by atoms with Crippen LogP contribution < -0.4 is 10.6 Å². The summed E-state index contributed by atoms with van der Waals surface area (Å²) in [6, 6.07) is 0.505. The summed E-state index contributed by atoms with van der Waals surface area (Å²) in [5.74, 6) is 2.01. The van der Waals surface area contributed by atoms with Gasteiger partial charge in [0.1, 0.15) is 5.01 Å². The van der Waals surface area contributed by atoms with Gasteiger partial charge in [0.2, 0.25) is 0 Å². The molecule has 1 fully saturated rings. The SMILES string of the molecule is CCNC(=NCc1nc(C(C)C)cs1)NCC(CC(C)C)N1CCOCC1. The average Bonchev–Trinajstić information content (AvgIpc) is 3.12. The molecule has 0 saturated carbocycles. The van der Waals surface area contributed by atoms with Crippen molar-refractivity contribution in [3.63, 3.8) is 0 Å². The fourth-order valence-electron chi connectivity index (χ4n) is 3.21. The van der Waals surface area contributed by atoms with Gasteiger partial charge in [0.05, 0.1) is 25.5 Å². The lowest BCUT2D eigenvalue weighted by Gasteiger charge is -2.35. The summed E-state index contributed by atoms with van der Waals surface area (Å²) in [5.41, 5.74) is 1.16. The van der Waals surface area contributed by atoms with Crippen molar-refractivity contribution in [2.75, 3.05) is 39.4 Å². The van der Waals surface area contributed by atoms with Crippen molar-refractivity contribution in [1.29, 1.82) is 0 Å². The highest BCUT2D eigenvalue weighted by molar-refractivity contribution is 7.09. The van der Waals surface area contributed by atoms with Crippen molar-refractivity contribution in [3.05, 3.63) is 16.1 Å². The van der Waals surface area contributed by atoms with Gasteiger partial charge in [0, 0.05) is 37.6 Å². The van der Waals surface area contributed by atoms with Crippen LogP contribution in [0.2, 0.25) is 0 Å². The van der Waals surface area contributed by atoms with Crippen molar-refractivity contribution < 1.29 is 4.74 Å². The first-order valence-electron chi connectivity index (χ1n) is 10.3. The van der Waals surface area contributed by atoms with Crippen molar-refractivity contribution in [1.82, 2.24) is 20.5 Å².